The number of pyridine rings is 1. The van der Waals surface area contributed by atoms with Gasteiger partial charge in [-0.25, -0.2) is 8.78 Å². The van der Waals surface area contributed by atoms with Crippen LogP contribution in [0.3, 0.4) is 0 Å². The predicted octanol–water partition coefficient (Wildman–Crippen LogP) is 3.59. The van der Waals surface area contributed by atoms with Gasteiger partial charge in [-0.3, -0.25) is 24.3 Å². The Morgan fingerprint density at radius 3 is 2.73 bits per heavy atom. The van der Waals surface area contributed by atoms with Gasteiger partial charge < -0.3 is 15.6 Å². The van der Waals surface area contributed by atoms with Gasteiger partial charge in [-0.2, -0.15) is 0 Å². The number of amides is 3. The Kier molecular flexibility index (Phi) is 6.03. The average Bonchev–Trinajstić information content (AvgIpc) is 3.66. The Hall–Kier alpha value is -5.11. The van der Waals surface area contributed by atoms with Crippen molar-refractivity contribution in [3.8, 4) is 6.57 Å². The van der Waals surface area contributed by atoms with Crippen molar-refractivity contribution in [1.82, 2.24) is 20.2 Å². The fraction of sp³-hybridized carbons (Fsp3) is 0.207. The Morgan fingerprint density at radius 1 is 1.18 bits per heavy atom. The first-order chi connectivity index (χ1) is 19.3. The van der Waals surface area contributed by atoms with Crippen LogP contribution in [0.1, 0.15) is 28.0 Å². The van der Waals surface area contributed by atoms with Gasteiger partial charge in [0.05, 0.1) is 11.9 Å². The van der Waals surface area contributed by atoms with E-state index in [2.05, 4.69) is 25.4 Å². The first kappa shape index (κ1) is 25.2. The van der Waals surface area contributed by atoms with E-state index >= 15 is 0 Å². The van der Waals surface area contributed by atoms with E-state index in [1.54, 1.807) is 30.6 Å². The van der Waals surface area contributed by atoms with Gasteiger partial charge in [0.1, 0.15) is 28.8 Å². The minimum Gasteiger partial charge on any atom is -0.348 e. The maximum Gasteiger partial charge on any atom is 0.350 e. The molecule has 1 spiro atoms. The number of halogens is 2. The lowest BCUT2D eigenvalue weighted by molar-refractivity contribution is -0.133. The molecule has 200 valence electrons. The molecule has 4 aromatic rings. The van der Waals surface area contributed by atoms with Gasteiger partial charge in [0.25, 0.3) is 18.4 Å². The van der Waals surface area contributed by atoms with Crippen LogP contribution in [0.4, 0.5) is 14.5 Å². The number of hydrogen-bond donors (Lipinski definition) is 3. The van der Waals surface area contributed by atoms with Crippen molar-refractivity contribution in [3.63, 3.8) is 0 Å². The third kappa shape index (κ3) is 4.05. The molecule has 4 heterocycles. The highest BCUT2D eigenvalue weighted by Gasteiger charge is 2.60. The van der Waals surface area contributed by atoms with Crippen molar-refractivity contribution in [3.05, 3.63) is 100 Å². The topological polar surface area (TPSA) is 112 Å². The smallest absolute Gasteiger partial charge is 0.348 e. The zero-order valence-corrected chi connectivity index (χ0v) is 21.0. The largest absolute Gasteiger partial charge is 0.350 e. The summed E-state index contributed by atoms with van der Waals surface area (Å²) in [5.74, 6) is -2.93. The van der Waals surface area contributed by atoms with Crippen LogP contribution in [0.15, 0.2) is 67.0 Å². The lowest BCUT2D eigenvalue weighted by Crippen LogP contribution is -2.51. The molecule has 6 rings (SSSR count). The molecule has 11 heteroatoms. The number of nitrogens with zero attached hydrogens (tertiary/aromatic N) is 3. The minimum absolute atomic E-state index is 0.00225. The number of nitrogens with one attached hydrogen (secondary N) is 3. The fourth-order valence-electron chi connectivity index (χ4n) is 5.64. The Balaban J connectivity index is 1.33. The number of hydrogen-bond acceptors (Lipinski definition) is 4. The van der Waals surface area contributed by atoms with Gasteiger partial charge in [-0.1, -0.05) is 29.1 Å². The number of likely N-dealkylation sites (tertiary alicyclic amines) is 1. The Labute approximate surface area is 227 Å². The van der Waals surface area contributed by atoms with Crippen molar-refractivity contribution < 1.29 is 23.2 Å². The van der Waals surface area contributed by atoms with E-state index in [0.29, 0.717) is 11.3 Å². The molecule has 40 heavy (non-hydrogen) atoms. The average molecular weight is 542 g/mol. The number of carbonyl (C=O) groups is 3. The second kappa shape index (κ2) is 9.57. The summed E-state index contributed by atoms with van der Waals surface area (Å²) in [5.41, 5.74) is 0.748. The van der Waals surface area contributed by atoms with Gasteiger partial charge in [-0.15, -0.1) is 0 Å². The third-order valence-electron chi connectivity index (χ3n) is 7.61. The summed E-state index contributed by atoms with van der Waals surface area (Å²) in [6.45, 7) is 5.72. The van der Waals surface area contributed by atoms with E-state index in [1.807, 2.05) is 18.2 Å². The standard InChI is InChI=1S/C29H22F2N6O3/c1-32-24-13-29(18-6-2-3-7-21(18)36-28(29)40)15-37(24)27(39)23(11-16-5-4-10-33-14-16)35-26(38)22-12-17-19(30)8-9-20(31)25(17)34-22/h1-10,12,14,23-24H,11,13,15H2,(H2-,34,35,36,38,40)/p+1/t23-,24-,29-/m0/s1. The molecule has 3 N–H and O–H groups in total. The van der Waals surface area contributed by atoms with Crippen LogP contribution in [-0.4, -0.2) is 51.3 Å². The van der Waals surface area contributed by atoms with Crippen LogP contribution in [0.25, 0.3) is 15.7 Å². The summed E-state index contributed by atoms with van der Waals surface area (Å²) in [6, 6.07) is 12.7. The van der Waals surface area contributed by atoms with E-state index in [4.69, 9.17) is 6.57 Å². The van der Waals surface area contributed by atoms with Crippen LogP contribution in [0, 0.1) is 18.2 Å². The number of H-pyrrole nitrogens is 1. The molecule has 1 saturated heterocycles. The number of anilines is 1. The molecule has 2 aromatic carbocycles. The first-order valence-electron chi connectivity index (χ1n) is 12.6. The summed E-state index contributed by atoms with van der Waals surface area (Å²) in [5, 5.41) is 5.48. The van der Waals surface area contributed by atoms with Crippen molar-refractivity contribution in [1.29, 1.82) is 0 Å². The quantitative estimate of drug-likeness (QED) is 0.359. The minimum atomic E-state index is -1.13. The molecule has 2 aromatic heterocycles. The zero-order valence-electron chi connectivity index (χ0n) is 21.0. The van der Waals surface area contributed by atoms with Gasteiger partial charge in [0.15, 0.2) is 0 Å². The number of para-hydroxylation sites is 1. The van der Waals surface area contributed by atoms with E-state index in [-0.39, 0.29) is 41.9 Å². The molecule has 9 nitrogen and oxygen atoms in total. The van der Waals surface area contributed by atoms with Gasteiger partial charge >= 0.3 is 6.17 Å². The maximum atomic E-state index is 14.2. The molecule has 3 amide bonds. The molecule has 2 aliphatic rings. The summed E-state index contributed by atoms with van der Waals surface area (Å²) < 4.78 is 28.5. The van der Waals surface area contributed by atoms with E-state index in [0.717, 1.165) is 17.7 Å². The predicted molar refractivity (Wildman–Crippen MR) is 143 cm³/mol. The molecule has 0 saturated carbocycles. The fourth-order valence-corrected chi connectivity index (χ4v) is 5.64. The first-order valence-corrected chi connectivity index (χ1v) is 12.6. The van der Waals surface area contributed by atoms with Gasteiger partial charge in [0.2, 0.25) is 5.91 Å². The van der Waals surface area contributed by atoms with Crippen LogP contribution in [-0.2, 0) is 21.4 Å². The van der Waals surface area contributed by atoms with Crippen molar-refractivity contribution in [2.24, 2.45) is 0 Å². The lowest BCUT2D eigenvalue weighted by atomic mass is 9.80. The zero-order chi connectivity index (χ0) is 28.0. The number of fused-ring (bicyclic) bond motifs is 3. The van der Waals surface area contributed by atoms with Crippen LogP contribution in [0.2, 0.25) is 0 Å². The number of carbonyl (C=O) groups excluding carboxylic acids is 3. The summed E-state index contributed by atoms with van der Waals surface area (Å²) in [6.07, 6.45) is 2.55. The molecule has 0 radical (unpaired) electrons. The Morgan fingerprint density at radius 2 is 1.98 bits per heavy atom. The molecule has 2 aliphatic heterocycles. The van der Waals surface area contributed by atoms with Crippen LogP contribution < -0.4 is 10.6 Å². The second-order valence-electron chi connectivity index (χ2n) is 9.97. The number of rotatable bonds is 5. The third-order valence-corrected chi connectivity index (χ3v) is 7.61. The van der Waals surface area contributed by atoms with E-state index in [1.165, 1.54) is 11.0 Å². The highest BCUT2D eigenvalue weighted by atomic mass is 19.1. The monoisotopic (exact) mass is 541 g/mol. The Bertz CT molecular complexity index is 1680. The van der Waals surface area contributed by atoms with Crippen molar-refractivity contribution in [2.45, 2.75) is 30.5 Å². The number of aromatic nitrogens is 2. The molecule has 0 aliphatic carbocycles. The lowest BCUT2D eigenvalue weighted by Gasteiger charge is -2.25. The molecule has 0 unspecified atom stereocenters. The highest BCUT2D eigenvalue weighted by molar-refractivity contribution is 6.07. The number of aromatic amines is 1. The number of benzene rings is 2. The summed E-state index contributed by atoms with van der Waals surface area (Å²) in [7, 11) is 0. The van der Waals surface area contributed by atoms with Gasteiger partial charge in [0, 0.05) is 36.4 Å². The van der Waals surface area contributed by atoms with Crippen molar-refractivity contribution in [2.75, 3.05) is 11.9 Å². The van der Waals surface area contributed by atoms with E-state index < -0.39 is 41.1 Å². The van der Waals surface area contributed by atoms with Crippen molar-refractivity contribution >= 4 is 34.3 Å². The van der Waals surface area contributed by atoms with Crippen LogP contribution in [0.5, 0.6) is 0 Å². The molecule has 0 bridgehead atoms. The van der Waals surface area contributed by atoms with Crippen LogP contribution >= 0.6 is 0 Å². The highest BCUT2D eigenvalue weighted by Crippen LogP contribution is 2.46. The normalized spacial score (nSPS) is 20.3. The maximum absolute atomic E-state index is 14.2. The summed E-state index contributed by atoms with van der Waals surface area (Å²) >= 11 is 0. The van der Waals surface area contributed by atoms with E-state index in [9.17, 15) is 23.2 Å². The molecule has 3 atom stereocenters. The molecular formula is C29H23F2N6O3+. The SMILES string of the molecule is C#[N+][C@@H]1C[C@@]2(CN1C(=O)[C@H](Cc1cccnc1)NC(=O)c1cc3c(F)ccc(F)c3[nH]1)C(=O)Nc1ccccc12. The second-order valence-corrected chi connectivity index (χ2v) is 9.97. The molecular weight excluding hydrogens is 518 g/mol. The molecule has 1 fully saturated rings. The van der Waals surface area contributed by atoms with Gasteiger partial charge in [-0.05, 0) is 41.5 Å². The summed E-state index contributed by atoms with van der Waals surface area (Å²) in [4.78, 5) is 52.5.